The molecule has 2 fully saturated rings. The van der Waals surface area contributed by atoms with Crippen LogP contribution in [0.3, 0.4) is 0 Å². The third kappa shape index (κ3) is 8.32. The molecule has 1 aromatic heterocycles. The number of aliphatic carboxylic acids is 2. The molecule has 0 bridgehead atoms. The Labute approximate surface area is 178 Å². The van der Waals surface area contributed by atoms with Gasteiger partial charge in [0.2, 0.25) is 5.91 Å². The second-order valence-corrected chi connectivity index (χ2v) is 7.00. The molecular formula is C18H21F6N3O5. The van der Waals surface area contributed by atoms with Gasteiger partial charge in [0, 0.05) is 32.0 Å². The summed E-state index contributed by atoms with van der Waals surface area (Å²) in [5, 5.41) is 17.6. The molecule has 180 valence electrons. The SMILES string of the molecule is O=C(O)C(F)(F)F.O=C(O)C(F)(F)F.O=C1N(Cc2ccncc2)CCC12CCCNC2. The zero-order chi connectivity index (χ0) is 24.6. The van der Waals surface area contributed by atoms with Gasteiger partial charge in [0.1, 0.15) is 0 Å². The highest BCUT2D eigenvalue weighted by molar-refractivity contribution is 5.85. The van der Waals surface area contributed by atoms with Crippen LogP contribution in [-0.2, 0) is 20.9 Å². The van der Waals surface area contributed by atoms with E-state index in [1.54, 1.807) is 12.4 Å². The third-order valence-corrected chi connectivity index (χ3v) is 4.68. The van der Waals surface area contributed by atoms with E-state index in [1.165, 1.54) is 5.56 Å². The number of carbonyl (C=O) groups is 3. The lowest BCUT2D eigenvalue weighted by atomic mass is 9.79. The summed E-state index contributed by atoms with van der Waals surface area (Å²) >= 11 is 0. The van der Waals surface area contributed by atoms with Crippen molar-refractivity contribution < 1.29 is 50.9 Å². The van der Waals surface area contributed by atoms with E-state index >= 15 is 0 Å². The highest BCUT2D eigenvalue weighted by atomic mass is 19.4. The summed E-state index contributed by atoms with van der Waals surface area (Å²) in [6.07, 6.45) is -3.42. The van der Waals surface area contributed by atoms with Crippen molar-refractivity contribution in [1.29, 1.82) is 0 Å². The Morgan fingerprint density at radius 2 is 1.53 bits per heavy atom. The minimum atomic E-state index is -5.08. The second-order valence-electron chi connectivity index (χ2n) is 7.00. The Kier molecular flexibility index (Phi) is 9.42. The van der Waals surface area contributed by atoms with E-state index in [-0.39, 0.29) is 5.41 Å². The smallest absolute Gasteiger partial charge is 0.475 e. The number of likely N-dealkylation sites (tertiary alicyclic amines) is 1. The van der Waals surface area contributed by atoms with Gasteiger partial charge in [-0.05, 0) is 43.5 Å². The minimum absolute atomic E-state index is 0.106. The van der Waals surface area contributed by atoms with E-state index in [2.05, 4.69) is 10.3 Å². The number of aromatic nitrogens is 1. The van der Waals surface area contributed by atoms with Crippen molar-refractivity contribution in [3.8, 4) is 0 Å². The summed E-state index contributed by atoms with van der Waals surface area (Å²) < 4.78 is 63.5. The number of nitrogens with one attached hydrogen (secondary N) is 1. The van der Waals surface area contributed by atoms with Crippen molar-refractivity contribution >= 4 is 17.8 Å². The molecule has 2 saturated heterocycles. The van der Waals surface area contributed by atoms with E-state index in [0.29, 0.717) is 5.91 Å². The van der Waals surface area contributed by atoms with Crippen LogP contribution in [-0.4, -0.2) is 69.9 Å². The number of pyridine rings is 1. The van der Waals surface area contributed by atoms with Crippen LogP contribution in [0.25, 0.3) is 0 Å². The Morgan fingerprint density at radius 3 is 1.94 bits per heavy atom. The van der Waals surface area contributed by atoms with Gasteiger partial charge in [0.25, 0.3) is 0 Å². The van der Waals surface area contributed by atoms with Crippen LogP contribution in [0, 0.1) is 5.41 Å². The molecule has 1 unspecified atom stereocenters. The number of amides is 1. The molecule has 3 heterocycles. The van der Waals surface area contributed by atoms with Crippen LogP contribution < -0.4 is 5.32 Å². The summed E-state index contributed by atoms with van der Waals surface area (Å²) in [6, 6.07) is 3.97. The maximum absolute atomic E-state index is 12.6. The van der Waals surface area contributed by atoms with E-state index in [4.69, 9.17) is 19.8 Å². The zero-order valence-electron chi connectivity index (χ0n) is 16.5. The fraction of sp³-hybridized carbons (Fsp3) is 0.556. The van der Waals surface area contributed by atoms with Gasteiger partial charge in [-0.1, -0.05) is 0 Å². The number of carboxylic acid groups (broad SMARTS) is 2. The molecule has 14 heteroatoms. The number of carbonyl (C=O) groups excluding carboxylic acids is 1. The standard InChI is InChI=1S/C14H19N3O.2C2HF3O2/c18-13-14(4-1-6-16-11-14)5-9-17(13)10-12-2-7-15-8-3-12;2*3-2(4,5)1(6)7/h2-3,7-8,16H,1,4-6,9-11H2;2*(H,6,7). The van der Waals surface area contributed by atoms with Crippen LogP contribution in [0.15, 0.2) is 24.5 Å². The number of piperidine rings is 1. The molecule has 2 aliphatic heterocycles. The summed E-state index contributed by atoms with van der Waals surface area (Å²) in [5.41, 5.74) is 1.06. The predicted octanol–water partition coefficient (Wildman–Crippen LogP) is 2.45. The fourth-order valence-electron chi connectivity index (χ4n) is 3.12. The van der Waals surface area contributed by atoms with E-state index in [1.807, 2.05) is 17.0 Å². The topological polar surface area (TPSA) is 120 Å². The van der Waals surface area contributed by atoms with Crippen LogP contribution in [0.5, 0.6) is 0 Å². The quantitative estimate of drug-likeness (QED) is 0.565. The van der Waals surface area contributed by atoms with Gasteiger partial charge in [0.05, 0.1) is 5.41 Å². The average molecular weight is 473 g/mol. The molecule has 1 atom stereocenters. The molecule has 2 aliphatic rings. The van der Waals surface area contributed by atoms with Crippen LogP contribution in [0.4, 0.5) is 26.3 Å². The van der Waals surface area contributed by atoms with E-state index in [9.17, 15) is 31.1 Å². The number of hydrogen-bond acceptors (Lipinski definition) is 5. The number of alkyl halides is 6. The van der Waals surface area contributed by atoms with Crippen LogP contribution >= 0.6 is 0 Å². The number of hydrogen-bond donors (Lipinski definition) is 3. The predicted molar refractivity (Wildman–Crippen MR) is 96.2 cm³/mol. The summed E-state index contributed by atoms with van der Waals surface area (Å²) in [5.74, 6) is -5.17. The molecule has 0 saturated carbocycles. The first-order valence-corrected chi connectivity index (χ1v) is 9.18. The first kappa shape index (κ1) is 27.1. The monoisotopic (exact) mass is 473 g/mol. The third-order valence-electron chi connectivity index (χ3n) is 4.68. The van der Waals surface area contributed by atoms with Gasteiger partial charge in [-0.2, -0.15) is 26.3 Å². The number of halogens is 6. The van der Waals surface area contributed by atoms with Gasteiger partial charge in [-0.25, -0.2) is 9.59 Å². The van der Waals surface area contributed by atoms with Crippen LogP contribution in [0.1, 0.15) is 24.8 Å². The molecule has 0 radical (unpaired) electrons. The summed E-state index contributed by atoms with van der Waals surface area (Å²) in [4.78, 5) is 36.4. The van der Waals surface area contributed by atoms with Crippen molar-refractivity contribution in [3.05, 3.63) is 30.1 Å². The van der Waals surface area contributed by atoms with Crippen molar-refractivity contribution in [2.45, 2.75) is 38.2 Å². The van der Waals surface area contributed by atoms with E-state index in [0.717, 1.165) is 45.4 Å². The lowest BCUT2D eigenvalue weighted by Gasteiger charge is -2.32. The van der Waals surface area contributed by atoms with Gasteiger partial charge < -0.3 is 20.4 Å². The molecular weight excluding hydrogens is 452 g/mol. The first-order valence-electron chi connectivity index (χ1n) is 9.18. The molecule has 32 heavy (non-hydrogen) atoms. The Hall–Kier alpha value is -2.90. The molecule has 3 rings (SSSR count). The number of nitrogens with zero attached hydrogens (tertiary/aromatic N) is 2. The Bertz CT molecular complexity index is 756. The van der Waals surface area contributed by atoms with Crippen molar-refractivity contribution in [2.24, 2.45) is 5.41 Å². The molecule has 0 aromatic carbocycles. The zero-order valence-corrected chi connectivity index (χ0v) is 16.5. The molecule has 1 aromatic rings. The number of carboxylic acids is 2. The Morgan fingerprint density at radius 1 is 1.03 bits per heavy atom. The van der Waals surface area contributed by atoms with Crippen LogP contribution in [0.2, 0.25) is 0 Å². The average Bonchev–Trinajstić information content (AvgIpc) is 2.98. The lowest BCUT2D eigenvalue weighted by molar-refractivity contribution is -0.193. The molecule has 3 N–H and O–H groups in total. The van der Waals surface area contributed by atoms with Gasteiger partial charge in [-0.3, -0.25) is 9.78 Å². The van der Waals surface area contributed by atoms with Gasteiger partial charge in [0.15, 0.2) is 0 Å². The van der Waals surface area contributed by atoms with E-state index < -0.39 is 24.3 Å². The Balaban J connectivity index is 0.000000305. The largest absolute Gasteiger partial charge is 0.490 e. The summed E-state index contributed by atoms with van der Waals surface area (Å²) in [7, 11) is 0. The fourth-order valence-corrected chi connectivity index (χ4v) is 3.12. The highest BCUT2D eigenvalue weighted by Crippen LogP contribution is 2.38. The van der Waals surface area contributed by atoms with Crippen molar-refractivity contribution in [3.63, 3.8) is 0 Å². The minimum Gasteiger partial charge on any atom is -0.475 e. The molecule has 0 aliphatic carbocycles. The number of rotatable bonds is 2. The lowest BCUT2D eigenvalue weighted by Crippen LogP contribution is -2.45. The van der Waals surface area contributed by atoms with Gasteiger partial charge >= 0.3 is 24.3 Å². The maximum Gasteiger partial charge on any atom is 0.490 e. The van der Waals surface area contributed by atoms with Gasteiger partial charge in [-0.15, -0.1) is 0 Å². The molecule has 8 nitrogen and oxygen atoms in total. The molecule has 1 amide bonds. The maximum atomic E-state index is 12.6. The van der Waals surface area contributed by atoms with Crippen molar-refractivity contribution in [2.75, 3.05) is 19.6 Å². The van der Waals surface area contributed by atoms with Crippen molar-refractivity contribution in [1.82, 2.24) is 15.2 Å². The summed E-state index contributed by atoms with van der Waals surface area (Å²) in [6.45, 7) is 3.53. The highest BCUT2D eigenvalue weighted by Gasteiger charge is 2.46. The second kappa shape index (κ2) is 11.1. The first-order chi connectivity index (χ1) is 14.7. The molecule has 1 spiro atoms. The normalized spacial score (nSPS) is 20.7.